The molecule has 0 N–H and O–H groups in total. The molecule has 1 amide bonds. The smallest absolute Gasteiger partial charge is 0.219 e. The molecular weight excluding hydrogens is 230 g/mol. The zero-order valence-electron chi connectivity index (χ0n) is 11.1. The van der Waals surface area contributed by atoms with Crippen molar-refractivity contribution in [2.75, 3.05) is 20.8 Å². The maximum atomic E-state index is 11.6. The molecule has 0 saturated carbocycles. The standard InChI is InChI=1S/C14H19NO3/c1-10(16)15-8-4-5-13(15)12-9-11(17-2)6-7-14(12)18-3/h6-7,9,13H,4-5,8H2,1-3H3/t13-/m0/s1. The minimum absolute atomic E-state index is 0.104. The van der Waals surface area contributed by atoms with E-state index in [2.05, 4.69) is 0 Å². The first-order chi connectivity index (χ1) is 8.67. The second kappa shape index (κ2) is 5.29. The van der Waals surface area contributed by atoms with Gasteiger partial charge in [0.15, 0.2) is 0 Å². The number of hydrogen-bond acceptors (Lipinski definition) is 3. The molecule has 4 nitrogen and oxygen atoms in total. The molecule has 2 rings (SSSR count). The SMILES string of the molecule is COc1ccc(OC)c([C@@H]2CCCN2C(C)=O)c1. The van der Waals surface area contributed by atoms with E-state index in [1.165, 1.54) is 0 Å². The van der Waals surface area contributed by atoms with E-state index in [0.717, 1.165) is 36.4 Å². The molecule has 0 radical (unpaired) electrons. The lowest BCUT2D eigenvalue weighted by Gasteiger charge is -2.25. The molecule has 0 aliphatic carbocycles. The third-order valence-electron chi connectivity index (χ3n) is 3.45. The summed E-state index contributed by atoms with van der Waals surface area (Å²) in [6, 6.07) is 5.83. The van der Waals surface area contributed by atoms with Gasteiger partial charge in [0.1, 0.15) is 11.5 Å². The Kier molecular flexibility index (Phi) is 3.75. The normalized spacial score (nSPS) is 18.8. The summed E-state index contributed by atoms with van der Waals surface area (Å²) in [5.74, 6) is 1.72. The number of hydrogen-bond donors (Lipinski definition) is 0. The van der Waals surface area contributed by atoms with E-state index < -0.39 is 0 Å². The Balaban J connectivity index is 2.38. The molecule has 1 heterocycles. The molecule has 1 fully saturated rings. The molecular formula is C14H19NO3. The van der Waals surface area contributed by atoms with Crippen molar-refractivity contribution < 1.29 is 14.3 Å². The Morgan fingerprint density at radius 1 is 1.33 bits per heavy atom. The molecule has 1 atom stereocenters. The number of likely N-dealkylation sites (tertiary alicyclic amines) is 1. The maximum absolute atomic E-state index is 11.6. The van der Waals surface area contributed by atoms with Crippen molar-refractivity contribution in [3.8, 4) is 11.5 Å². The number of methoxy groups -OCH3 is 2. The number of ether oxygens (including phenoxy) is 2. The Bertz CT molecular complexity index is 445. The minimum atomic E-state index is 0.104. The van der Waals surface area contributed by atoms with Crippen LogP contribution in [0.25, 0.3) is 0 Å². The van der Waals surface area contributed by atoms with Gasteiger partial charge in [-0.3, -0.25) is 4.79 Å². The van der Waals surface area contributed by atoms with Gasteiger partial charge in [-0.2, -0.15) is 0 Å². The summed E-state index contributed by atoms with van der Waals surface area (Å²) in [5.41, 5.74) is 1.03. The molecule has 0 unspecified atom stereocenters. The third kappa shape index (κ3) is 2.28. The fourth-order valence-electron chi connectivity index (χ4n) is 2.57. The lowest BCUT2D eigenvalue weighted by molar-refractivity contribution is -0.129. The van der Waals surface area contributed by atoms with Crippen LogP contribution in [-0.4, -0.2) is 31.6 Å². The van der Waals surface area contributed by atoms with E-state index >= 15 is 0 Å². The van der Waals surface area contributed by atoms with Gasteiger partial charge in [-0.1, -0.05) is 0 Å². The van der Waals surface area contributed by atoms with E-state index in [4.69, 9.17) is 9.47 Å². The Hall–Kier alpha value is -1.71. The number of carbonyl (C=O) groups is 1. The topological polar surface area (TPSA) is 38.8 Å². The first-order valence-corrected chi connectivity index (χ1v) is 6.16. The second-order valence-corrected chi connectivity index (χ2v) is 4.48. The molecule has 0 spiro atoms. The first-order valence-electron chi connectivity index (χ1n) is 6.16. The van der Waals surface area contributed by atoms with Crippen molar-refractivity contribution in [2.45, 2.75) is 25.8 Å². The number of nitrogens with zero attached hydrogens (tertiary/aromatic N) is 1. The van der Waals surface area contributed by atoms with Gasteiger partial charge in [0, 0.05) is 19.0 Å². The molecule has 1 aromatic carbocycles. The van der Waals surface area contributed by atoms with Gasteiger partial charge in [-0.15, -0.1) is 0 Å². The number of amides is 1. The number of rotatable bonds is 3. The summed E-state index contributed by atoms with van der Waals surface area (Å²) in [6.45, 7) is 2.44. The van der Waals surface area contributed by atoms with Crippen LogP contribution in [-0.2, 0) is 4.79 Å². The van der Waals surface area contributed by atoms with Crippen molar-refractivity contribution in [3.05, 3.63) is 23.8 Å². The van der Waals surface area contributed by atoms with E-state index in [1.807, 2.05) is 23.1 Å². The summed E-state index contributed by atoms with van der Waals surface area (Å²) in [4.78, 5) is 13.5. The zero-order chi connectivity index (χ0) is 13.1. The number of carbonyl (C=O) groups excluding carboxylic acids is 1. The highest BCUT2D eigenvalue weighted by Crippen LogP contribution is 2.38. The van der Waals surface area contributed by atoms with Crippen LogP contribution in [0.4, 0.5) is 0 Å². The van der Waals surface area contributed by atoms with Crippen molar-refractivity contribution >= 4 is 5.91 Å². The molecule has 98 valence electrons. The summed E-state index contributed by atoms with van der Waals surface area (Å²) in [5, 5.41) is 0. The highest BCUT2D eigenvalue weighted by molar-refractivity contribution is 5.74. The average Bonchev–Trinajstić information content (AvgIpc) is 2.87. The van der Waals surface area contributed by atoms with Gasteiger partial charge in [0.25, 0.3) is 0 Å². The van der Waals surface area contributed by atoms with Crippen LogP contribution in [0.5, 0.6) is 11.5 Å². The molecule has 1 aliphatic heterocycles. The van der Waals surface area contributed by atoms with Crippen molar-refractivity contribution in [1.82, 2.24) is 4.90 Å². The van der Waals surface area contributed by atoms with Crippen molar-refractivity contribution in [1.29, 1.82) is 0 Å². The van der Waals surface area contributed by atoms with Crippen LogP contribution in [0.2, 0.25) is 0 Å². The molecule has 0 aromatic heterocycles. The van der Waals surface area contributed by atoms with E-state index in [9.17, 15) is 4.79 Å². The molecule has 4 heteroatoms. The van der Waals surface area contributed by atoms with E-state index in [0.29, 0.717) is 0 Å². The van der Waals surface area contributed by atoms with Crippen LogP contribution in [0.15, 0.2) is 18.2 Å². The highest BCUT2D eigenvalue weighted by atomic mass is 16.5. The van der Waals surface area contributed by atoms with Crippen molar-refractivity contribution in [2.24, 2.45) is 0 Å². The average molecular weight is 249 g/mol. The van der Waals surface area contributed by atoms with Crippen LogP contribution >= 0.6 is 0 Å². The first kappa shape index (κ1) is 12.7. The molecule has 1 aliphatic rings. The summed E-state index contributed by atoms with van der Waals surface area (Å²) in [7, 11) is 3.29. The highest BCUT2D eigenvalue weighted by Gasteiger charge is 2.30. The van der Waals surface area contributed by atoms with Crippen LogP contribution in [0, 0.1) is 0 Å². The molecule has 1 saturated heterocycles. The predicted octanol–water partition coefficient (Wildman–Crippen LogP) is 2.39. The Morgan fingerprint density at radius 2 is 2.11 bits per heavy atom. The molecule has 18 heavy (non-hydrogen) atoms. The predicted molar refractivity (Wildman–Crippen MR) is 68.9 cm³/mol. The van der Waals surface area contributed by atoms with E-state index in [-0.39, 0.29) is 11.9 Å². The molecule has 0 bridgehead atoms. The summed E-state index contributed by atoms with van der Waals surface area (Å²) < 4.78 is 10.6. The fourth-order valence-corrected chi connectivity index (χ4v) is 2.57. The maximum Gasteiger partial charge on any atom is 0.219 e. The van der Waals surface area contributed by atoms with Crippen LogP contribution < -0.4 is 9.47 Å². The quantitative estimate of drug-likeness (QED) is 0.825. The fraction of sp³-hybridized carbons (Fsp3) is 0.500. The largest absolute Gasteiger partial charge is 0.497 e. The third-order valence-corrected chi connectivity index (χ3v) is 3.45. The Labute approximate surface area is 107 Å². The number of benzene rings is 1. The lowest BCUT2D eigenvalue weighted by Crippen LogP contribution is -2.28. The van der Waals surface area contributed by atoms with Gasteiger partial charge < -0.3 is 14.4 Å². The molecule has 1 aromatic rings. The lowest BCUT2D eigenvalue weighted by atomic mass is 10.0. The van der Waals surface area contributed by atoms with Gasteiger partial charge in [0.2, 0.25) is 5.91 Å². The summed E-state index contributed by atoms with van der Waals surface area (Å²) >= 11 is 0. The van der Waals surface area contributed by atoms with Gasteiger partial charge >= 0.3 is 0 Å². The van der Waals surface area contributed by atoms with Gasteiger partial charge in [-0.05, 0) is 31.0 Å². The van der Waals surface area contributed by atoms with Crippen LogP contribution in [0.3, 0.4) is 0 Å². The van der Waals surface area contributed by atoms with E-state index in [1.54, 1.807) is 21.1 Å². The zero-order valence-corrected chi connectivity index (χ0v) is 11.1. The van der Waals surface area contributed by atoms with Crippen LogP contribution in [0.1, 0.15) is 31.4 Å². The monoisotopic (exact) mass is 249 g/mol. The Morgan fingerprint density at radius 3 is 2.72 bits per heavy atom. The second-order valence-electron chi connectivity index (χ2n) is 4.48. The van der Waals surface area contributed by atoms with Gasteiger partial charge in [0.05, 0.1) is 20.3 Å². The minimum Gasteiger partial charge on any atom is -0.497 e. The van der Waals surface area contributed by atoms with Crippen molar-refractivity contribution in [3.63, 3.8) is 0 Å². The van der Waals surface area contributed by atoms with Gasteiger partial charge in [-0.25, -0.2) is 0 Å². The summed E-state index contributed by atoms with van der Waals surface area (Å²) in [6.07, 6.45) is 2.01.